The van der Waals surface area contributed by atoms with E-state index in [0.717, 1.165) is 12.8 Å². The molecule has 0 spiro atoms. The molecule has 0 bridgehead atoms. The van der Waals surface area contributed by atoms with Gasteiger partial charge in [0.15, 0.2) is 0 Å². The molecule has 1 saturated carbocycles. The number of hydrogen-bond acceptors (Lipinski definition) is 6. The third-order valence-corrected chi connectivity index (χ3v) is 4.66. The maximum atomic E-state index is 14.3. The molecule has 1 N–H and O–H groups in total. The summed E-state index contributed by atoms with van der Waals surface area (Å²) in [6, 6.07) is 6.64. The van der Waals surface area contributed by atoms with Crippen molar-refractivity contribution in [1.29, 1.82) is 0 Å². The van der Waals surface area contributed by atoms with Crippen LogP contribution in [0.5, 0.6) is 0 Å². The Morgan fingerprint density at radius 3 is 2.44 bits per heavy atom. The Kier molecular flexibility index (Phi) is 4.29. The SMILES string of the molecule is CC1CC(Nc2ncc(-c3nnc(C(F)F)o3)cn2)(c2ccccc2F)C1. The molecule has 1 aliphatic carbocycles. The second-order valence-corrected chi connectivity index (χ2v) is 6.74. The fourth-order valence-corrected chi connectivity index (χ4v) is 3.53. The topological polar surface area (TPSA) is 76.7 Å². The summed E-state index contributed by atoms with van der Waals surface area (Å²) in [7, 11) is 0. The molecule has 3 aromatic rings. The summed E-state index contributed by atoms with van der Waals surface area (Å²) >= 11 is 0. The Morgan fingerprint density at radius 2 is 1.85 bits per heavy atom. The number of anilines is 1. The zero-order chi connectivity index (χ0) is 19.0. The fraction of sp³-hybridized carbons (Fsp3) is 0.333. The van der Waals surface area contributed by atoms with E-state index in [1.165, 1.54) is 18.5 Å². The molecule has 1 fully saturated rings. The molecule has 9 heteroatoms. The van der Waals surface area contributed by atoms with Crippen molar-refractivity contribution in [2.45, 2.75) is 31.7 Å². The van der Waals surface area contributed by atoms with E-state index in [-0.39, 0.29) is 11.7 Å². The standard InChI is InChI=1S/C18H16F3N5O/c1-10-6-18(7-10,12-4-2-3-5-13(12)19)24-17-22-8-11(9-23-17)15-25-26-16(27-15)14(20)21/h2-5,8-10,14H,6-7H2,1H3,(H,22,23,24). The van der Waals surface area contributed by atoms with Crippen LogP contribution in [0.3, 0.4) is 0 Å². The molecule has 4 rings (SSSR count). The van der Waals surface area contributed by atoms with Crippen LogP contribution in [0.1, 0.15) is 37.6 Å². The first kappa shape index (κ1) is 17.4. The predicted octanol–water partition coefficient (Wildman–Crippen LogP) is 4.34. The first-order valence-corrected chi connectivity index (χ1v) is 8.44. The predicted molar refractivity (Wildman–Crippen MR) is 90.4 cm³/mol. The number of benzene rings is 1. The summed E-state index contributed by atoms with van der Waals surface area (Å²) in [5.74, 6) is -0.365. The van der Waals surface area contributed by atoms with Gasteiger partial charge in [-0.25, -0.2) is 14.4 Å². The number of aromatic nitrogens is 4. The average molecular weight is 375 g/mol. The zero-order valence-corrected chi connectivity index (χ0v) is 14.4. The van der Waals surface area contributed by atoms with Crippen molar-refractivity contribution in [3.05, 3.63) is 53.9 Å². The van der Waals surface area contributed by atoms with Crippen LogP contribution in [0.25, 0.3) is 11.5 Å². The van der Waals surface area contributed by atoms with Crippen LogP contribution in [-0.2, 0) is 5.54 Å². The maximum Gasteiger partial charge on any atom is 0.314 e. The highest BCUT2D eigenvalue weighted by atomic mass is 19.3. The van der Waals surface area contributed by atoms with Gasteiger partial charge in [-0.1, -0.05) is 25.1 Å². The van der Waals surface area contributed by atoms with Crippen molar-refractivity contribution in [3.63, 3.8) is 0 Å². The number of nitrogens with zero attached hydrogens (tertiary/aromatic N) is 4. The average Bonchev–Trinajstić information content (AvgIpc) is 3.12. The highest BCUT2D eigenvalue weighted by Gasteiger charge is 2.45. The van der Waals surface area contributed by atoms with Crippen molar-refractivity contribution >= 4 is 5.95 Å². The lowest BCUT2D eigenvalue weighted by Crippen LogP contribution is -2.47. The van der Waals surface area contributed by atoms with Crippen LogP contribution in [0.4, 0.5) is 19.1 Å². The fourth-order valence-electron chi connectivity index (χ4n) is 3.53. The molecule has 0 atom stereocenters. The molecule has 0 unspecified atom stereocenters. The number of alkyl halides is 2. The van der Waals surface area contributed by atoms with Gasteiger partial charge in [-0.2, -0.15) is 8.78 Å². The summed E-state index contributed by atoms with van der Waals surface area (Å²) in [6.07, 6.45) is 1.46. The maximum absolute atomic E-state index is 14.3. The Labute approximate surface area is 152 Å². The van der Waals surface area contributed by atoms with Gasteiger partial charge in [-0.15, -0.1) is 10.2 Å². The van der Waals surface area contributed by atoms with Crippen LogP contribution in [0, 0.1) is 11.7 Å². The summed E-state index contributed by atoms with van der Waals surface area (Å²) in [5.41, 5.74) is 0.329. The van der Waals surface area contributed by atoms with E-state index in [1.54, 1.807) is 18.2 Å². The summed E-state index contributed by atoms with van der Waals surface area (Å²) < 4.78 is 44.3. The molecule has 0 aliphatic heterocycles. The van der Waals surface area contributed by atoms with Gasteiger partial charge in [-0.3, -0.25) is 0 Å². The Hall–Kier alpha value is -2.97. The minimum atomic E-state index is -2.84. The van der Waals surface area contributed by atoms with Crippen LogP contribution in [0.2, 0.25) is 0 Å². The van der Waals surface area contributed by atoms with Crippen LogP contribution in [-0.4, -0.2) is 20.2 Å². The molecule has 1 aromatic carbocycles. The van der Waals surface area contributed by atoms with Crippen molar-refractivity contribution < 1.29 is 17.6 Å². The third-order valence-electron chi connectivity index (χ3n) is 4.66. The molecule has 2 aromatic heterocycles. The first-order valence-electron chi connectivity index (χ1n) is 8.44. The van der Waals surface area contributed by atoms with Gasteiger partial charge in [-0.05, 0) is 24.8 Å². The van der Waals surface area contributed by atoms with Crippen molar-refractivity contribution in [1.82, 2.24) is 20.2 Å². The van der Waals surface area contributed by atoms with Gasteiger partial charge < -0.3 is 9.73 Å². The number of hydrogen-bond donors (Lipinski definition) is 1. The lowest BCUT2D eigenvalue weighted by atomic mass is 9.65. The largest absolute Gasteiger partial charge is 0.415 e. The summed E-state index contributed by atoms with van der Waals surface area (Å²) in [6.45, 7) is 2.10. The van der Waals surface area contributed by atoms with E-state index in [9.17, 15) is 13.2 Å². The van der Waals surface area contributed by atoms with E-state index in [0.29, 0.717) is 23.0 Å². The van der Waals surface area contributed by atoms with Crippen molar-refractivity contribution in [2.24, 2.45) is 5.92 Å². The number of nitrogens with one attached hydrogen (secondary N) is 1. The molecular formula is C18H16F3N5O. The van der Waals surface area contributed by atoms with E-state index in [1.807, 2.05) is 0 Å². The second-order valence-electron chi connectivity index (χ2n) is 6.74. The zero-order valence-electron chi connectivity index (χ0n) is 14.4. The van der Waals surface area contributed by atoms with Gasteiger partial charge in [0, 0.05) is 18.0 Å². The van der Waals surface area contributed by atoms with Gasteiger partial charge in [0.1, 0.15) is 5.82 Å². The first-order chi connectivity index (χ1) is 13.0. The smallest absolute Gasteiger partial charge is 0.314 e. The third kappa shape index (κ3) is 3.24. The van der Waals surface area contributed by atoms with Crippen molar-refractivity contribution in [3.8, 4) is 11.5 Å². The minimum absolute atomic E-state index is 0.0852. The van der Waals surface area contributed by atoms with E-state index >= 15 is 0 Å². The molecule has 27 heavy (non-hydrogen) atoms. The molecule has 0 saturated heterocycles. The number of halogens is 3. The van der Waals surface area contributed by atoms with Gasteiger partial charge in [0.05, 0.1) is 11.1 Å². The Morgan fingerprint density at radius 1 is 1.15 bits per heavy atom. The summed E-state index contributed by atoms with van der Waals surface area (Å²) in [4.78, 5) is 8.39. The highest BCUT2D eigenvalue weighted by Crippen LogP contribution is 2.48. The normalized spacial score (nSPS) is 21.9. The Balaban J connectivity index is 1.57. The molecule has 0 amide bonds. The highest BCUT2D eigenvalue weighted by molar-refractivity contribution is 5.51. The van der Waals surface area contributed by atoms with E-state index in [2.05, 4.69) is 32.4 Å². The van der Waals surface area contributed by atoms with Crippen LogP contribution < -0.4 is 5.32 Å². The Bertz CT molecular complexity index is 938. The molecule has 0 radical (unpaired) electrons. The van der Waals surface area contributed by atoms with E-state index < -0.39 is 17.9 Å². The lowest BCUT2D eigenvalue weighted by Gasteiger charge is -2.47. The summed E-state index contributed by atoms with van der Waals surface area (Å²) in [5, 5.41) is 10.1. The molecular weight excluding hydrogens is 359 g/mol. The molecule has 2 heterocycles. The van der Waals surface area contributed by atoms with Crippen LogP contribution in [0.15, 0.2) is 41.1 Å². The molecule has 140 valence electrons. The van der Waals surface area contributed by atoms with Gasteiger partial charge >= 0.3 is 6.43 Å². The lowest BCUT2D eigenvalue weighted by molar-refractivity contribution is 0.116. The monoisotopic (exact) mass is 375 g/mol. The van der Waals surface area contributed by atoms with Crippen molar-refractivity contribution in [2.75, 3.05) is 5.32 Å². The quantitative estimate of drug-likeness (QED) is 0.715. The number of rotatable bonds is 5. The van der Waals surface area contributed by atoms with Gasteiger partial charge in [0.2, 0.25) is 5.95 Å². The van der Waals surface area contributed by atoms with Gasteiger partial charge in [0.25, 0.3) is 11.8 Å². The second kappa shape index (κ2) is 6.64. The minimum Gasteiger partial charge on any atom is -0.415 e. The van der Waals surface area contributed by atoms with Crippen LogP contribution >= 0.6 is 0 Å². The molecule has 1 aliphatic rings. The van der Waals surface area contributed by atoms with E-state index in [4.69, 9.17) is 4.42 Å². The molecule has 6 nitrogen and oxygen atoms in total.